The zero-order chi connectivity index (χ0) is 19.8. The van der Waals surface area contributed by atoms with Crippen molar-refractivity contribution < 1.29 is 9.13 Å². The van der Waals surface area contributed by atoms with E-state index in [2.05, 4.69) is 29.5 Å². The Bertz CT molecular complexity index is 1010. The Morgan fingerprint density at radius 3 is 2.71 bits per heavy atom. The van der Waals surface area contributed by atoms with Gasteiger partial charge in [0.1, 0.15) is 11.3 Å². The van der Waals surface area contributed by atoms with Crippen LogP contribution >= 0.6 is 0 Å². The summed E-state index contributed by atoms with van der Waals surface area (Å²) in [5.41, 5.74) is 4.43. The Labute approximate surface area is 165 Å². The van der Waals surface area contributed by atoms with Crippen LogP contribution in [-0.2, 0) is 6.42 Å². The summed E-state index contributed by atoms with van der Waals surface area (Å²) in [5.74, 6) is 1.73. The lowest BCUT2D eigenvalue weighted by Gasteiger charge is -2.21. The number of halogens is 1. The maximum absolute atomic E-state index is 14.4. The molecule has 3 aromatic rings. The van der Waals surface area contributed by atoms with Crippen LogP contribution < -0.4 is 4.74 Å². The number of ether oxygens (including phenoxy) is 1. The molecule has 0 spiro atoms. The van der Waals surface area contributed by atoms with E-state index in [9.17, 15) is 4.39 Å². The van der Waals surface area contributed by atoms with Gasteiger partial charge in [-0.2, -0.15) is 0 Å². The average molecular weight is 381 g/mol. The molecule has 0 bridgehead atoms. The van der Waals surface area contributed by atoms with Crippen molar-refractivity contribution in [3.8, 4) is 17.0 Å². The largest absolute Gasteiger partial charge is 0.494 e. The van der Waals surface area contributed by atoms with E-state index in [1.165, 1.54) is 26.0 Å². The molecule has 4 rings (SSSR count). The summed E-state index contributed by atoms with van der Waals surface area (Å²) in [4.78, 5) is 9.59. The lowest BCUT2D eigenvalue weighted by atomic mass is 10.0. The number of hydrogen-bond acceptors (Lipinski definition) is 3. The molecule has 1 fully saturated rings. The van der Waals surface area contributed by atoms with Crippen molar-refractivity contribution in [3.63, 3.8) is 0 Å². The fourth-order valence-corrected chi connectivity index (χ4v) is 4.31. The minimum absolute atomic E-state index is 0.255. The van der Waals surface area contributed by atoms with Crippen LogP contribution in [0.5, 0.6) is 5.75 Å². The smallest absolute Gasteiger partial charge is 0.165 e. The molecule has 28 heavy (non-hydrogen) atoms. The van der Waals surface area contributed by atoms with E-state index in [4.69, 9.17) is 9.72 Å². The van der Waals surface area contributed by atoms with Gasteiger partial charge in [-0.15, -0.1) is 0 Å². The standard InChI is InChI=1S/C23H28FN3O/c1-5-7-18(15-8-9-15)27-19-10-11-25-22(23(19)26-21(27)6-2)16-13-17(24)20(28-4)12-14(16)3/h10-13,15,18H,5-9H2,1-4H3. The van der Waals surface area contributed by atoms with Gasteiger partial charge in [0.15, 0.2) is 11.6 Å². The Morgan fingerprint density at radius 1 is 1.29 bits per heavy atom. The maximum Gasteiger partial charge on any atom is 0.165 e. The molecule has 1 aliphatic carbocycles. The van der Waals surface area contributed by atoms with Crippen LogP contribution in [-0.4, -0.2) is 21.6 Å². The topological polar surface area (TPSA) is 39.9 Å². The van der Waals surface area contributed by atoms with Gasteiger partial charge in [0, 0.05) is 24.2 Å². The second kappa shape index (κ2) is 7.53. The zero-order valence-corrected chi connectivity index (χ0v) is 17.1. The van der Waals surface area contributed by atoms with Crippen LogP contribution in [0.3, 0.4) is 0 Å². The van der Waals surface area contributed by atoms with Crippen molar-refractivity contribution in [2.45, 2.75) is 58.9 Å². The lowest BCUT2D eigenvalue weighted by molar-refractivity contribution is 0.386. The SMILES string of the molecule is CCCC(C1CC1)n1c(CC)nc2c(-c3cc(F)c(OC)cc3C)nccc21. The van der Waals surface area contributed by atoms with Crippen molar-refractivity contribution >= 4 is 11.0 Å². The molecule has 148 valence electrons. The van der Waals surface area contributed by atoms with Crippen LogP contribution in [0.2, 0.25) is 0 Å². The Kier molecular flexibility index (Phi) is 5.09. The third-order valence-electron chi connectivity index (χ3n) is 5.83. The number of nitrogens with zero attached hydrogens (tertiary/aromatic N) is 3. The predicted octanol–water partition coefficient (Wildman–Crippen LogP) is 5.87. The number of benzene rings is 1. The molecular formula is C23H28FN3O. The third kappa shape index (κ3) is 3.17. The Balaban J connectivity index is 1.92. The molecule has 1 aliphatic rings. The van der Waals surface area contributed by atoms with Crippen molar-refractivity contribution in [3.05, 3.63) is 41.6 Å². The highest BCUT2D eigenvalue weighted by Crippen LogP contribution is 2.44. The fourth-order valence-electron chi connectivity index (χ4n) is 4.31. The predicted molar refractivity (Wildman–Crippen MR) is 110 cm³/mol. The molecule has 1 atom stereocenters. The second-order valence-electron chi connectivity index (χ2n) is 7.77. The van der Waals surface area contributed by atoms with Gasteiger partial charge in [-0.05, 0) is 55.9 Å². The summed E-state index contributed by atoms with van der Waals surface area (Å²) in [6.45, 7) is 6.36. The molecule has 0 aliphatic heterocycles. The number of hydrogen-bond donors (Lipinski definition) is 0. The van der Waals surface area contributed by atoms with Gasteiger partial charge in [-0.3, -0.25) is 4.98 Å². The third-order valence-corrected chi connectivity index (χ3v) is 5.83. The summed E-state index contributed by atoms with van der Waals surface area (Å²) in [6.07, 6.45) is 7.62. The first-order chi connectivity index (χ1) is 13.6. The maximum atomic E-state index is 14.4. The highest BCUT2D eigenvalue weighted by Gasteiger charge is 2.34. The van der Waals surface area contributed by atoms with Gasteiger partial charge >= 0.3 is 0 Å². The first-order valence-corrected chi connectivity index (χ1v) is 10.3. The number of methoxy groups -OCH3 is 1. The van der Waals surface area contributed by atoms with Gasteiger partial charge in [0.25, 0.3) is 0 Å². The van der Waals surface area contributed by atoms with Crippen molar-refractivity contribution in [2.75, 3.05) is 7.11 Å². The average Bonchev–Trinajstić information content (AvgIpc) is 3.47. The Morgan fingerprint density at radius 2 is 2.07 bits per heavy atom. The quantitative estimate of drug-likeness (QED) is 0.514. The minimum atomic E-state index is -0.376. The van der Waals surface area contributed by atoms with E-state index in [0.717, 1.165) is 58.9 Å². The van der Waals surface area contributed by atoms with Crippen LogP contribution in [0.15, 0.2) is 24.4 Å². The fraction of sp³-hybridized carbons (Fsp3) is 0.478. The second-order valence-corrected chi connectivity index (χ2v) is 7.77. The van der Waals surface area contributed by atoms with E-state index in [0.29, 0.717) is 6.04 Å². The summed E-state index contributed by atoms with van der Waals surface area (Å²) in [7, 11) is 1.48. The first kappa shape index (κ1) is 18.9. The molecule has 2 heterocycles. The summed E-state index contributed by atoms with van der Waals surface area (Å²) in [6, 6.07) is 5.80. The van der Waals surface area contributed by atoms with E-state index in [1.54, 1.807) is 6.07 Å². The van der Waals surface area contributed by atoms with Crippen LogP contribution in [0.1, 0.15) is 57.0 Å². The highest BCUT2D eigenvalue weighted by atomic mass is 19.1. The lowest BCUT2D eigenvalue weighted by Crippen LogP contribution is -2.14. The number of fused-ring (bicyclic) bond motifs is 1. The summed E-state index contributed by atoms with van der Waals surface area (Å²) in [5, 5.41) is 0. The van der Waals surface area contributed by atoms with Gasteiger partial charge in [-0.1, -0.05) is 20.3 Å². The van der Waals surface area contributed by atoms with E-state index in [1.807, 2.05) is 13.1 Å². The molecule has 0 saturated heterocycles. The van der Waals surface area contributed by atoms with Crippen molar-refractivity contribution in [1.82, 2.24) is 14.5 Å². The van der Waals surface area contributed by atoms with E-state index < -0.39 is 0 Å². The molecule has 4 nitrogen and oxygen atoms in total. The molecule has 1 unspecified atom stereocenters. The van der Waals surface area contributed by atoms with Gasteiger partial charge in [-0.25, -0.2) is 9.37 Å². The summed E-state index contributed by atoms with van der Waals surface area (Å²) >= 11 is 0. The minimum Gasteiger partial charge on any atom is -0.494 e. The monoisotopic (exact) mass is 381 g/mol. The molecular weight excluding hydrogens is 353 g/mol. The van der Waals surface area contributed by atoms with E-state index >= 15 is 0 Å². The van der Waals surface area contributed by atoms with Crippen molar-refractivity contribution in [1.29, 1.82) is 0 Å². The molecule has 1 saturated carbocycles. The molecule has 0 N–H and O–H groups in total. The van der Waals surface area contributed by atoms with Gasteiger partial charge in [0.2, 0.25) is 0 Å². The first-order valence-electron chi connectivity index (χ1n) is 10.3. The number of imidazole rings is 1. The molecule has 0 radical (unpaired) electrons. The highest BCUT2D eigenvalue weighted by molar-refractivity contribution is 5.91. The molecule has 5 heteroatoms. The van der Waals surface area contributed by atoms with Crippen LogP contribution in [0.25, 0.3) is 22.3 Å². The van der Waals surface area contributed by atoms with Gasteiger partial charge in [0.05, 0.1) is 18.3 Å². The van der Waals surface area contributed by atoms with Gasteiger partial charge < -0.3 is 9.30 Å². The molecule has 2 aromatic heterocycles. The Hall–Kier alpha value is -2.43. The number of rotatable bonds is 7. The van der Waals surface area contributed by atoms with Crippen LogP contribution in [0.4, 0.5) is 4.39 Å². The number of pyridine rings is 1. The van der Waals surface area contributed by atoms with E-state index in [-0.39, 0.29) is 11.6 Å². The zero-order valence-electron chi connectivity index (χ0n) is 17.1. The molecule has 0 amide bonds. The van der Waals surface area contributed by atoms with Crippen LogP contribution in [0, 0.1) is 18.7 Å². The summed E-state index contributed by atoms with van der Waals surface area (Å²) < 4.78 is 22.0. The van der Waals surface area contributed by atoms with Crippen molar-refractivity contribution in [2.24, 2.45) is 5.92 Å². The molecule has 1 aromatic carbocycles. The normalized spacial score (nSPS) is 15.2. The number of aromatic nitrogens is 3. The number of aryl methyl sites for hydroxylation is 2.